The Hall–Kier alpha value is -2.37. The topological polar surface area (TPSA) is 91.2 Å². The number of nitrogens with zero attached hydrogens (tertiary/aromatic N) is 2. The second kappa shape index (κ2) is 4.87. The number of anilines is 1. The molecule has 0 atom stereocenters. The van der Waals surface area contributed by atoms with Crippen molar-refractivity contribution in [3.05, 3.63) is 29.6 Å². The molecule has 6 nitrogen and oxygen atoms in total. The van der Waals surface area contributed by atoms with Crippen molar-refractivity contribution in [3.63, 3.8) is 0 Å². The maximum atomic E-state index is 11.4. The van der Waals surface area contributed by atoms with E-state index in [1.165, 1.54) is 0 Å². The van der Waals surface area contributed by atoms with Crippen molar-refractivity contribution in [2.75, 3.05) is 12.3 Å². The van der Waals surface area contributed by atoms with Crippen LogP contribution >= 0.6 is 0 Å². The van der Waals surface area contributed by atoms with Gasteiger partial charge < -0.3 is 15.0 Å². The molecule has 0 spiro atoms. The zero-order chi connectivity index (χ0) is 13.1. The fourth-order valence-corrected chi connectivity index (χ4v) is 1.47. The molecule has 2 rings (SSSR count). The second-order valence-corrected chi connectivity index (χ2v) is 3.73. The van der Waals surface area contributed by atoms with E-state index >= 15 is 0 Å². The van der Waals surface area contributed by atoms with Gasteiger partial charge in [-0.05, 0) is 31.1 Å². The van der Waals surface area contributed by atoms with Crippen LogP contribution in [-0.2, 0) is 4.74 Å². The van der Waals surface area contributed by atoms with Crippen molar-refractivity contribution in [3.8, 4) is 11.5 Å². The number of aryl methyl sites for hydroxylation is 1. The highest BCUT2D eigenvalue weighted by molar-refractivity contribution is 5.85. The summed E-state index contributed by atoms with van der Waals surface area (Å²) < 4.78 is 9.79. The van der Waals surface area contributed by atoms with Gasteiger partial charge >= 0.3 is 5.97 Å². The molecular formula is C12H13N3O3. The summed E-state index contributed by atoms with van der Waals surface area (Å²) in [5.41, 5.74) is 7.95. The van der Waals surface area contributed by atoms with E-state index in [0.29, 0.717) is 11.3 Å². The molecule has 0 aliphatic heterocycles. The molecular weight excluding hydrogens is 234 g/mol. The summed E-state index contributed by atoms with van der Waals surface area (Å²) in [6, 6.07) is 5.44. The van der Waals surface area contributed by atoms with Crippen LogP contribution in [0.1, 0.15) is 23.1 Å². The maximum Gasteiger partial charge on any atom is 0.379 e. The van der Waals surface area contributed by atoms with Crippen LogP contribution in [0.4, 0.5) is 5.69 Å². The first kappa shape index (κ1) is 12.1. The molecule has 0 aliphatic carbocycles. The molecule has 1 aromatic carbocycles. The average Bonchev–Trinajstić information content (AvgIpc) is 2.82. The molecule has 2 N–H and O–H groups in total. The zero-order valence-electron chi connectivity index (χ0n) is 10.1. The van der Waals surface area contributed by atoms with Crippen LogP contribution in [0.5, 0.6) is 0 Å². The Labute approximate surface area is 104 Å². The van der Waals surface area contributed by atoms with Crippen LogP contribution in [0.2, 0.25) is 0 Å². The summed E-state index contributed by atoms with van der Waals surface area (Å²) in [5, 5.41) is 3.57. The van der Waals surface area contributed by atoms with E-state index < -0.39 is 5.97 Å². The Balaban J connectivity index is 2.35. The van der Waals surface area contributed by atoms with Crippen molar-refractivity contribution in [1.29, 1.82) is 0 Å². The normalized spacial score (nSPS) is 10.3. The summed E-state index contributed by atoms with van der Waals surface area (Å²) in [5.74, 6) is -0.509. The van der Waals surface area contributed by atoms with Crippen molar-refractivity contribution >= 4 is 11.7 Å². The number of nitrogen functional groups attached to an aromatic ring is 1. The third-order valence-corrected chi connectivity index (χ3v) is 2.32. The number of hydrogen-bond donors (Lipinski definition) is 1. The Kier molecular flexibility index (Phi) is 3.27. The molecule has 0 aliphatic rings. The number of nitrogens with two attached hydrogens (primary N) is 1. The Morgan fingerprint density at radius 3 is 3.00 bits per heavy atom. The first-order chi connectivity index (χ1) is 8.61. The predicted molar refractivity (Wildman–Crippen MR) is 64.8 cm³/mol. The van der Waals surface area contributed by atoms with Gasteiger partial charge in [0.05, 0.1) is 12.2 Å². The van der Waals surface area contributed by atoms with Gasteiger partial charge in [0.1, 0.15) is 0 Å². The molecule has 6 heteroatoms. The quantitative estimate of drug-likeness (QED) is 0.656. The van der Waals surface area contributed by atoms with Gasteiger partial charge in [0.15, 0.2) is 0 Å². The molecule has 18 heavy (non-hydrogen) atoms. The number of carbonyl (C=O) groups excluding carboxylic acids is 1. The Morgan fingerprint density at radius 2 is 2.28 bits per heavy atom. The van der Waals surface area contributed by atoms with Crippen molar-refractivity contribution in [1.82, 2.24) is 10.1 Å². The minimum absolute atomic E-state index is 0.104. The predicted octanol–water partition coefficient (Wildman–Crippen LogP) is 1.80. The highest BCUT2D eigenvalue weighted by atomic mass is 16.5. The fourth-order valence-electron chi connectivity index (χ4n) is 1.47. The van der Waals surface area contributed by atoms with E-state index in [-0.39, 0.29) is 18.3 Å². The van der Waals surface area contributed by atoms with Gasteiger partial charge in [0.2, 0.25) is 0 Å². The lowest BCUT2D eigenvalue weighted by Crippen LogP contribution is -2.06. The molecule has 0 unspecified atom stereocenters. The first-order valence-electron chi connectivity index (χ1n) is 5.49. The van der Waals surface area contributed by atoms with E-state index in [1.54, 1.807) is 13.0 Å². The van der Waals surface area contributed by atoms with Gasteiger partial charge in [0.25, 0.3) is 11.7 Å². The van der Waals surface area contributed by atoms with Crippen LogP contribution in [-0.4, -0.2) is 22.7 Å². The minimum atomic E-state index is -0.612. The number of rotatable bonds is 3. The Morgan fingerprint density at radius 1 is 1.50 bits per heavy atom. The molecule has 0 fully saturated rings. The van der Waals surface area contributed by atoms with Gasteiger partial charge in [0, 0.05) is 5.69 Å². The largest absolute Gasteiger partial charge is 0.460 e. The van der Waals surface area contributed by atoms with Crippen molar-refractivity contribution in [2.45, 2.75) is 13.8 Å². The molecule has 1 aromatic heterocycles. The highest BCUT2D eigenvalue weighted by Gasteiger charge is 2.17. The number of carbonyl (C=O) groups is 1. The van der Waals surface area contributed by atoms with E-state index in [1.807, 2.05) is 19.1 Å². The number of esters is 1. The van der Waals surface area contributed by atoms with E-state index in [2.05, 4.69) is 10.1 Å². The SMILES string of the molecule is CCOC(=O)c1noc(-c2cc(C)ccc2N)n1. The molecule has 0 saturated carbocycles. The van der Waals surface area contributed by atoms with Gasteiger partial charge in [-0.15, -0.1) is 0 Å². The van der Waals surface area contributed by atoms with Gasteiger partial charge in [-0.2, -0.15) is 4.98 Å². The van der Waals surface area contributed by atoms with Gasteiger partial charge in [-0.3, -0.25) is 0 Å². The van der Waals surface area contributed by atoms with Crippen molar-refractivity contribution < 1.29 is 14.1 Å². The number of ether oxygens (including phenoxy) is 1. The van der Waals surface area contributed by atoms with Gasteiger partial charge in [-0.25, -0.2) is 4.79 Å². The molecule has 2 aromatic rings. The van der Waals surface area contributed by atoms with Crippen LogP contribution in [0.3, 0.4) is 0 Å². The highest BCUT2D eigenvalue weighted by Crippen LogP contribution is 2.25. The number of aromatic nitrogens is 2. The second-order valence-electron chi connectivity index (χ2n) is 3.73. The van der Waals surface area contributed by atoms with E-state index in [9.17, 15) is 4.79 Å². The average molecular weight is 247 g/mol. The van der Waals surface area contributed by atoms with Crippen molar-refractivity contribution in [2.24, 2.45) is 0 Å². The lowest BCUT2D eigenvalue weighted by Gasteiger charge is -2.01. The zero-order valence-corrected chi connectivity index (χ0v) is 10.1. The molecule has 0 saturated heterocycles. The summed E-state index contributed by atoms with van der Waals surface area (Å²) in [6.45, 7) is 3.89. The van der Waals surface area contributed by atoms with Crippen LogP contribution in [0.25, 0.3) is 11.5 Å². The molecule has 94 valence electrons. The standard InChI is InChI=1S/C12H13N3O3/c1-3-17-12(16)10-14-11(18-15-10)8-6-7(2)4-5-9(8)13/h4-6H,3,13H2,1-2H3. The molecule has 0 radical (unpaired) electrons. The molecule has 0 amide bonds. The third-order valence-electron chi connectivity index (χ3n) is 2.32. The Bertz CT molecular complexity index is 578. The minimum Gasteiger partial charge on any atom is -0.460 e. The molecule has 0 bridgehead atoms. The fraction of sp³-hybridized carbons (Fsp3) is 0.250. The van der Waals surface area contributed by atoms with Crippen LogP contribution in [0.15, 0.2) is 22.7 Å². The van der Waals surface area contributed by atoms with Gasteiger partial charge in [-0.1, -0.05) is 11.6 Å². The number of hydrogen-bond acceptors (Lipinski definition) is 6. The molecule has 1 heterocycles. The summed E-state index contributed by atoms with van der Waals surface area (Å²) in [7, 11) is 0. The lowest BCUT2D eigenvalue weighted by atomic mass is 10.1. The lowest BCUT2D eigenvalue weighted by molar-refractivity contribution is 0.0508. The smallest absolute Gasteiger partial charge is 0.379 e. The summed E-state index contributed by atoms with van der Waals surface area (Å²) in [6.07, 6.45) is 0. The van der Waals surface area contributed by atoms with Crippen LogP contribution in [0, 0.1) is 6.92 Å². The van der Waals surface area contributed by atoms with Crippen LogP contribution < -0.4 is 5.73 Å². The van der Waals surface area contributed by atoms with E-state index in [0.717, 1.165) is 5.56 Å². The number of benzene rings is 1. The summed E-state index contributed by atoms with van der Waals surface area (Å²) >= 11 is 0. The summed E-state index contributed by atoms with van der Waals surface area (Å²) in [4.78, 5) is 15.4. The third kappa shape index (κ3) is 2.32. The monoisotopic (exact) mass is 247 g/mol. The first-order valence-corrected chi connectivity index (χ1v) is 5.49. The van der Waals surface area contributed by atoms with E-state index in [4.69, 9.17) is 15.0 Å². The maximum absolute atomic E-state index is 11.4.